The van der Waals surface area contributed by atoms with Crippen LogP contribution in [0, 0.1) is 17.1 Å². The Hall–Kier alpha value is -2.71. The van der Waals surface area contributed by atoms with E-state index in [1.165, 1.54) is 23.8 Å². The Morgan fingerprint density at radius 2 is 2.08 bits per heavy atom. The SMILES string of the molecule is N#Cc1cc(NC(=O)C2CCCN2Cc2ccccc2)ccc1F. The number of nitrogens with zero attached hydrogens (tertiary/aromatic N) is 2. The van der Waals surface area contributed by atoms with E-state index in [0.29, 0.717) is 5.69 Å². The van der Waals surface area contributed by atoms with Gasteiger partial charge in [0.25, 0.3) is 0 Å². The van der Waals surface area contributed by atoms with Crippen molar-refractivity contribution in [2.45, 2.75) is 25.4 Å². The van der Waals surface area contributed by atoms with Gasteiger partial charge in [-0.15, -0.1) is 0 Å². The Bertz CT molecular complexity index is 770. The third kappa shape index (κ3) is 3.61. The Kier molecular flexibility index (Phi) is 4.88. The first-order chi connectivity index (χ1) is 11.7. The van der Waals surface area contributed by atoms with E-state index in [2.05, 4.69) is 10.2 Å². The van der Waals surface area contributed by atoms with E-state index in [4.69, 9.17) is 5.26 Å². The lowest BCUT2D eigenvalue weighted by atomic mass is 10.1. The summed E-state index contributed by atoms with van der Waals surface area (Å²) in [5, 5.41) is 11.7. The summed E-state index contributed by atoms with van der Waals surface area (Å²) >= 11 is 0. The van der Waals surface area contributed by atoms with E-state index in [1.54, 1.807) is 6.07 Å². The maximum absolute atomic E-state index is 13.4. The summed E-state index contributed by atoms with van der Waals surface area (Å²) in [6, 6.07) is 15.7. The first kappa shape index (κ1) is 16.2. The predicted octanol–water partition coefficient (Wildman–Crippen LogP) is 3.30. The zero-order valence-corrected chi connectivity index (χ0v) is 13.2. The average Bonchev–Trinajstić information content (AvgIpc) is 3.05. The summed E-state index contributed by atoms with van der Waals surface area (Å²) in [6.45, 7) is 1.60. The first-order valence-corrected chi connectivity index (χ1v) is 7.96. The quantitative estimate of drug-likeness (QED) is 0.939. The van der Waals surface area contributed by atoms with Crippen LogP contribution in [0.3, 0.4) is 0 Å². The van der Waals surface area contributed by atoms with Crippen LogP contribution in [0.4, 0.5) is 10.1 Å². The molecule has 1 saturated heterocycles. The molecule has 0 saturated carbocycles. The van der Waals surface area contributed by atoms with Gasteiger partial charge in [-0.3, -0.25) is 9.69 Å². The minimum absolute atomic E-state index is 0.0691. The molecule has 1 fully saturated rings. The molecule has 1 N–H and O–H groups in total. The molecule has 0 aliphatic carbocycles. The van der Waals surface area contributed by atoms with Crippen LogP contribution in [0.2, 0.25) is 0 Å². The summed E-state index contributed by atoms with van der Waals surface area (Å²) in [5.41, 5.74) is 1.55. The molecule has 122 valence electrons. The third-order valence-electron chi connectivity index (χ3n) is 4.25. The minimum Gasteiger partial charge on any atom is -0.325 e. The topological polar surface area (TPSA) is 56.1 Å². The summed E-state index contributed by atoms with van der Waals surface area (Å²) in [7, 11) is 0. The molecule has 0 aromatic heterocycles. The van der Waals surface area contributed by atoms with Crippen molar-refractivity contribution in [1.82, 2.24) is 4.90 Å². The number of carbonyl (C=O) groups excluding carboxylic acids is 1. The highest BCUT2D eigenvalue weighted by atomic mass is 19.1. The number of amides is 1. The number of halogens is 1. The molecule has 0 radical (unpaired) electrons. The second-order valence-electron chi connectivity index (χ2n) is 5.91. The Morgan fingerprint density at radius 3 is 2.83 bits per heavy atom. The maximum atomic E-state index is 13.4. The molecule has 0 bridgehead atoms. The van der Waals surface area contributed by atoms with Gasteiger partial charge < -0.3 is 5.32 Å². The van der Waals surface area contributed by atoms with Crippen LogP contribution >= 0.6 is 0 Å². The van der Waals surface area contributed by atoms with Crippen LogP contribution < -0.4 is 5.32 Å². The molecule has 2 aromatic rings. The number of anilines is 1. The average molecular weight is 323 g/mol. The predicted molar refractivity (Wildman–Crippen MR) is 89.6 cm³/mol. The second-order valence-corrected chi connectivity index (χ2v) is 5.91. The second kappa shape index (κ2) is 7.24. The van der Waals surface area contributed by atoms with Crippen LogP contribution in [-0.2, 0) is 11.3 Å². The number of carbonyl (C=O) groups is 1. The number of likely N-dealkylation sites (tertiary alicyclic amines) is 1. The van der Waals surface area contributed by atoms with Gasteiger partial charge in [-0.05, 0) is 43.1 Å². The van der Waals surface area contributed by atoms with E-state index >= 15 is 0 Å². The summed E-state index contributed by atoms with van der Waals surface area (Å²) in [5.74, 6) is -0.694. The van der Waals surface area contributed by atoms with E-state index in [-0.39, 0.29) is 17.5 Å². The van der Waals surface area contributed by atoms with Crippen molar-refractivity contribution in [2.75, 3.05) is 11.9 Å². The van der Waals surface area contributed by atoms with Crippen molar-refractivity contribution >= 4 is 11.6 Å². The zero-order valence-electron chi connectivity index (χ0n) is 13.2. The number of hydrogen-bond acceptors (Lipinski definition) is 3. The minimum atomic E-state index is -0.581. The fourth-order valence-electron chi connectivity index (χ4n) is 3.04. The lowest BCUT2D eigenvalue weighted by molar-refractivity contribution is -0.120. The number of nitrogens with one attached hydrogen (secondary N) is 1. The summed E-state index contributed by atoms with van der Waals surface area (Å²) in [6.07, 6.45) is 1.77. The highest BCUT2D eigenvalue weighted by molar-refractivity contribution is 5.95. The third-order valence-corrected chi connectivity index (χ3v) is 4.25. The van der Waals surface area contributed by atoms with Crippen LogP contribution in [0.1, 0.15) is 24.0 Å². The van der Waals surface area contributed by atoms with Gasteiger partial charge in [0, 0.05) is 12.2 Å². The van der Waals surface area contributed by atoms with E-state index < -0.39 is 5.82 Å². The van der Waals surface area contributed by atoms with Gasteiger partial charge in [0.1, 0.15) is 11.9 Å². The molecule has 1 amide bonds. The van der Waals surface area contributed by atoms with Crippen molar-refractivity contribution in [2.24, 2.45) is 0 Å². The maximum Gasteiger partial charge on any atom is 0.241 e. The standard InChI is InChI=1S/C19H18FN3O/c20-17-9-8-16(11-15(17)12-21)22-19(24)18-7-4-10-23(18)13-14-5-2-1-3-6-14/h1-3,5-6,8-9,11,18H,4,7,10,13H2,(H,22,24). The van der Waals surface area contributed by atoms with Gasteiger partial charge in [-0.1, -0.05) is 30.3 Å². The van der Waals surface area contributed by atoms with Crippen molar-refractivity contribution in [3.63, 3.8) is 0 Å². The summed E-state index contributed by atoms with van der Waals surface area (Å²) in [4.78, 5) is 14.7. The number of benzene rings is 2. The fraction of sp³-hybridized carbons (Fsp3) is 0.263. The molecule has 2 aromatic carbocycles. The first-order valence-electron chi connectivity index (χ1n) is 7.96. The number of nitriles is 1. The monoisotopic (exact) mass is 323 g/mol. The van der Waals surface area contributed by atoms with Crippen LogP contribution in [0.15, 0.2) is 48.5 Å². The number of hydrogen-bond donors (Lipinski definition) is 1. The molecule has 3 rings (SSSR count). The lowest BCUT2D eigenvalue weighted by Gasteiger charge is -2.23. The highest BCUT2D eigenvalue weighted by Crippen LogP contribution is 2.22. The van der Waals surface area contributed by atoms with Gasteiger partial charge in [0.2, 0.25) is 5.91 Å². The molecule has 1 unspecified atom stereocenters. The van der Waals surface area contributed by atoms with Gasteiger partial charge >= 0.3 is 0 Å². The zero-order chi connectivity index (χ0) is 16.9. The molecular formula is C19H18FN3O. The van der Waals surface area contributed by atoms with E-state index in [0.717, 1.165) is 25.9 Å². The Morgan fingerprint density at radius 1 is 1.29 bits per heavy atom. The molecule has 1 aliphatic rings. The largest absolute Gasteiger partial charge is 0.325 e. The fourth-order valence-corrected chi connectivity index (χ4v) is 3.04. The molecule has 24 heavy (non-hydrogen) atoms. The van der Waals surface area contributed by atoms with Crippen LogP contribution in [-0.4, -0.2) is 23.4 Å². The molecule has 5 heteroatoms. The van der Waals surface area contributed by atoms with E-state index in [1.807, 2.05) is 30.3 Å². The van der Waals surface area contributed by atoms with Crippen molar-refractivity contribution in [3.05, 3.63) is 65.5 Å². The van der Waals surface area contributed by atoms with Crippen molar-refractivity contribution in [1.29, 1.82) is 5.26 Å². The highest BCUT2D eigenvalue weighted by Gasteiger charge is 2.30. The molecule has 4 nitrogen and oxygen atoms in total. The van der Waals surface area contributed by atoms with E-state index in [9.17, 15) is 9.18 Å². The van der Waals surface area contributed by atoms with Crippen molar-refractivity contribution < 1.29 is 9.18 Å². The molecule has 0 spiro atoms. The Labute approximate surface area is 140 Å². The van der Waals surface area contributed by atoms with Gasteiger partial charge in [-0.2, -0.15) is 5.26 Å². The smallest absolute Gasteiger partial charge is 0.241 e. The lowest BCUT2D eigenvalue weighted by Crippen LogP contribution is -2.39. The molecule has 1 heterocycles. The van der Waals surface area contributed by atoms with Crippen LogP contribution in [0.5, 0.6) is 0 Å². The number of rotatable bonds is 4. The van der Waals surface area contributed by atoms with Gasteiger partial charge in [0.15, 0.2) is 0 Å². The van der Waals surface area contributed by atoms with Gasteiger partial charge in [-0.25, -0.2) is 4.39 Å². The van der Waals surface area contributed by atoms with Crippen LogP contribution in [0.25, 0.3) is 0 Å². The van der Waals surface area contributed by atoms with Gasteiger partial charge in [0.05, 0.1) is 11.6 Å². The normalized spacial score (nSPS) is 17.4. The molecule has 1 atom stereocenters. The van der Waals surface area contributed by atoms with Crippen molar-refractivity contribution in [3.8, 4) is 6.07 Å². The Balaban J connectivity index is 1.69. The summed E-state index contributed by atoms with van der Waals surface area (Å²) < 4.78 is 13.4. The molecule has 1 aliphatic heterocycles. The molecular weight excluding hydrogens is 305 g/mol.